The molecule has 0 atom stereocenters. The summed E-state index contributed by atoms with van der Waals surface area (Å²) in [4.78, 5) is 0. The number of hydrogen-bond acceptors (Lipinski definition) is 0. The van der Waals surface area contributed by atoms with E-state index >= 15 is 4.39 Å². The SMILES string of the molecule is CC1CCC(c2ccc(CCC3CCC(C4CCC(C)CC4)CC3)c(C(F)F)c2F)CC1. The first-order valence-corrected chi connectivity index (χ1v) is 13.5. The summed E-state index contributed by atoms with van der Waals surface area (Å²) >= 11 is 0. The van der Waals surface area contributed by atoms with Gasteiger partial charge in [-0.1, -0.05) is 64.5 Å². The Balaban J connectivity index is 1.33. The van der Waals surface area contributed by atoms with Crippen LogP contribution in [0.1, 0.15) is 126 Å². The molecule has 0 unspecified atom stereocenters. The maximum absolute atomic E-state index is 15.2. The van der Waals surface area contributed by atoms with E-state index in [1.54, 1.807) is 0 Å². The fraction of sp³-hybridized carbons (Fsp3) is 0.793. The predicted molar refractivity (Wildman–Crippen MR) is 127 cm³/mol. The highest BCUT2D eigenvalue weighted by atomic mass is 19.3. The van der Waals surface area contributed by atoms with Gasteiger partial charge in [-0.2, -0.15) is 0 Å². The summed E-state index contributed by atoms with van der Waals surface area (Å²) in [5.74, 6) is 3.48. The van der Waals surface area contributed by atoms with E-state index in [9.17, 15) is 8.78 Å². The third-order valence-corrected chi connectivity index (χ3v) is 9.41. The van der Waals surface area contributed by atoms with E-state index in [-0.39, 0.29) is 11.5 Å². The Kier molecular flexibility index (Phi) is 8.27. The van der Waals surface area contributed by atoms with Gasteiger partial charge in [-0.05, 0) is 98.0 Å². The van der Waals surface area contributed by atoms with E-state index in [1.807, 2.05) is 12.1 Å². The van der Waals surface area contributed by atoms with Crippen molar-refractivity contribution >= 4 is 0 Å². The molecule has 0 nitrogen and oxygen atoms in total. The lowest BCUT2D eigenvalue weighted by Crippen LogP contribution is -2.25. The Hall–Kier alpha value is -0.990. The molecule has 180 valence electrons. The monoisotopic (exact) mass is 448 g/mol. The maximum atomic E-state index is 15.2. The van der Waals surface area contributed by atoms with Crippen LogP contribution in [0.4, 0.5) is 13.2 Å². The summed E-state index contributed by atoms with van der Waals surface area (Å²) in [5.41, 5.74) is 0.790. The Morgan fingerprint density at radius 1 is 0.750 bits per heavy atom. The van der Waals surface area contributed by atoms with Gasteiger partial charge in [0, 0.05) is 0 Å². The molecule has 4 rings (SSSR count). The molecule has 0 N–H and O–H groups in total. The first-order chi connectivity index (χ1) is 15.4. The highest BCUT2D eigenvalue weighted by Crippen LogP contribution is 2.43. The lowest BCUT2D eigenvalue weighted by molar-refractivity contribution is 0.142. The maximum Gasteiger partial charge on any atom is 0.266 e. The van der Waals surface area contributed by atoms with Crippen LogP contribution in [0, 0.1) is 35.4 Å². The Morgan fingerprint density at radius 2 is 1.28 bits per heavy atom. The van der Waals surface area contributed by atoms with E-state index in [2.05, 4.69) is 13.8 Å². The number of halogens is 3. The first kappa shape index (κ1) is 24.1. The van der Waals surface area contributed by atoms with Gasteiger partial charge in [0.2, 0.25) is 0 Å². The summed E-state index contributed by atoms with van der Waals surface area (Å²) in [7, 11) is 0. The van der Waals surface area contributed by atoms with E-state index < -0.39 is 12.2 Å². The second-order valence-electron chi connectivity index (χ2n) is 11.6. The van der Waals surface area contributed by atoms with Crippen LogP contribution < -0.4 is 0 Å². The van der Waals surface area contributed by atoms with E-state index in [0.29, 0.717) is 29.4 Å². The average Bonchev–Trinajstić information content (AvgIpc) is 2.79. The summed E-state index contributed by atoms with van der Waals surface area (Å²) in [6.07, 6.45) is 13.4. The van der Waals surface area contributed by atoms with Gasteiger partial charge in [0.1, 0.15) is 5.82 Å². The van der Waals surface area contributed by atoms with Crippen LogP contribution in [-0.4, -0.2) is 0 Å². The van der Waals surface area contributed by atoms with Gasteiger partial charge in [-0.3, -0.25) is 0 Å². The molecule has 1 aromatic carbocycles. The molecule has 3 aliphatic carbocycles. The molecule has 3 saturated carbocycles. The Morgan fingerprint density at radius 3 is 1.84 bits per heavy atom. The highest BCUT2D eigenvalue weighted by molar-refractivity contribution is 5.37. The largest absolute Gasteiger partial charge is 0.266 e. The van der Waals surface area contributed by atoms with Crippen LogP contribution in [0.5, 0.6) is 0 Å². The Labute approximate surface area is 193 Å². The number of benzene rings is 1. The molecule has 0 aromatic heterocycles. The van der Waals surface area contributed by atoms with Crippen molar-refractivity contribution < 1.29 is 13.2 Å². The van der Waals surface area contributed by atoms with Crippen LogP contribution in [-0.2, 0) is 6.42 Å². The topological polar surface area (TPSA) is 0 Å². The van der Waals surface area contributed by atoms with Crippen molar-refractivity contribution in [2.45, 2.75) is 116 Å². The zero-order valence-corrected chi connectivity index (χ0v) is 20.2. The van der Waals surface area contributed by atoms with Crippen molar-refractivity contribution in [3.8, 4) is 0 Å². The second kappa shape index (κ2) is 11.0. The van der Waals surface area contributed by atoms with Crippen molar-refractivity contribution in [2.24, 2.45) is 29.6 Å². The van der Waals surface area contributed by atoms with Gasteiger partial charge in [0.25, 0.3) is 6.43 Å². The summed E-state index contributed by atoms with van der Waals surface area (Å²) in [6, 6.07) is 3.66. The fourth-order valence-corrected chi connectivity index (χ4v) is 7.06. The zero-order valence-electron chi connectivity index (χ0n) is 20.2. The molecule has 0 bridgehead atoms. The smallest absolute Gasteiger partial charge is 0.206 e. The van der Waals surface area contributed by atoms with Gasteiger partial charge < -0.3 is 0 Å². The molecular formula is C29H43F3. The molecule has 32 heavy (non-hydrogen) atoms. The predicted octanol–water partition coefficient (Wildman–Crippen LogP) is 9.62. The van der Waals surface area contributed by atoms with Crippen molar-refractivity contribution in [1.82, 2.24) is 0 Å². The molecule has 0 radical (unpaired) electrons. The molecule has 1 aromatic rings. The zero-order chi connectivity index (χ0) is 22.7. The summed E-state index contributed by atoms with van der Waals surface area (Å²) < 4.78 is 43.1. The number of alkyl halides is 2. The molecule has 3 aliphatic rings. The molecule has 0 amide bonds. The van der Waals surface area contributed by atoms with E-state index in [0.717, 1.165) is 49.9 Å². The van der Waals surface area contributed by atoms with Crippen LogP contribution >= 0.6 is 0 Å². The molecule has 0 aliphatic heterocycles. The van der Waals surface area contributed by atoms with Crippen molar-refractivity contribution in [2.75, 3.05) is 0 Å². The molecule has 0 saturated heterocycles. The third kappa shape index (κ3) is 5.73. The van der Waals surface area contributed by atoms with Crippen LogP contribution in [0.15, 0.2) is 12.1 Å². The molecule has 3 fully saturated rings. The normalized spacial score (nSPS) is 34.1. The quantitative estimate of drug-likeness (QED) is 0.406. The minimum atomic E-state index is -2.73. The Bertz CT molecular complexity index is 718. The molecule has 0 heterocycles. The number of rotatable bonds is 6. The molecule has 0 spiro atoms. The number of hydrogen-bond donors (Lipinski definition) is 0. The number of aryl methyl sites for hydroxylation is 1. The highest BCUT2D eigenvalue weighted by Gasteiger charge is 2.31. The molecular weight excluding hydrogens is 405 g/mol. The minimum Gasteiger partial charge on any atom is -0.206 e. The second-order valence-corrected chi connectivity index (χ2v) is 11.6. The average molecular weight is 449 g/mol. The van der Waals surface area contributed by atoms with Crippen LogP contribution in [0.25, 0.3) is 0 Å². The first-order valence-electron chi connectivity index (χ1n) is 13.5. The van der Waals surface area contributed by atoms with Crippen molar-refractivity contribution in [3.63, 3.8) is 0 Å². The third-order valence-electron chi connectivity index (χ3n) is 9.41. The van der Waals surface area contributed by atoms with E-state index in [1.165, 1.54) is 51.4 Å². The van der Waals surface area contributed by atoms with Crippen LogP contribution in [0.2, 0.25) is 0 Å². The summed E-state index contributed by atoms with van der Waals surface area (Å²) in [5, 5.41) is 0. The van der Waals surface area contributed by atoms with Gasteiger partial charge in [0.05, 0.1) is 5.56 Å². The van der Waals surface area contributed by atoms with Gasteiger partial charge in [-0.15, -0.1) is 0 Å². The van der Waals surface area contributed by atoms with Gasteiger partial charge >= 0.3 is 0 Å². The van der Waals surface area contributed by atoms with E-state index in [4.69, 9.17) is 0 Å². The fourth-order valence-electron chi connectivity index (χ4n) is 7.06. The van der Waals surface area contributed by atoms with Gasteiger partial charge in [-0.25, -0.2) is 13.2 Å². The lowest BCUT2D eigenvalue weighted by Gasteiger charge is -2.37. The lowest BCUT2D eigenvalue weighted by atomic mass is 9.69. The van der Waals surface area contributed by atoms with Crippen LogP contribution in [0.3, 0.4) is 0 Å². The molecule has 3 heteroatoms. The van der Waals surface area contributed by atoms with Crippen molar-refractivity contribution in [3.05, 3.63) is 34.6 Å². The summed E-state index contributed by atoms with van der Waals surface area (Å²) in [6.45, 7) is 4.61. The van der Waals surface area contributed by atoms with Crippen molar-refractivity contribution in [1.29, 1.82) is 0 Å². The minimum absolute atomic E-state index is 0.107. The standard InChI is InChI=1S/C29H43F3/c1-19-3-10-22(11-4-19)23-14-7-21(8-15-23)9-16-25-17-18-26(28(30)27(25)29(31)32)24-12-5-20(2)6-13-24/h17-24,29H,3-16H2,1-2H3. The van der Waals surface area contributed by atoms with Gasteiger partial charge in [0.15, 0.2) is 0 Å².